The molecule has 5 nitrogen and oxygen atoms in total. The van der Waals surface area contributed by atoms with Crippen LogP contribution in [0.5, 0.6) is 11.5 Å². The van der Waals surface area contributed by atoms with Gasteiger partial charge in [0.2, 0.25) is 0 Å². The van der Waals surface area contributed by atoms with Crippen LogP contribution >= 0.6 is 0 Å². The van der Waals surface area contributed by atoms with Crippen LogP contribution in [0.4, 0.5) is 0 Å². The Bertz CT molecular complexity index is 962. The minimum Gasteiger partial charge on any atom is -0.497 e. The number of ether oxygens (including phenoxy) is 3. The summed E-state index contributed by atoms with van der Waals surface area (Å²) in [7, 11) is 3.26. The summed E-state index contributed by atoms with van der Waals surface area (Å²) in [6, 6.07) is 15.8. The Kier molecular flexibility index (Phi) is 5.79. The zero-order valence-corrected chi connectivity index (χ0v) is 17.5. The molecule has 1 fully saturated rings. The lowest BCUT2D eigenvalue weighted by molar-refractivity contribution is -0.130. The summed E-state index contributed by atoms with van der Waals surface area (Å²) in [5.41, 5.74) is 2.96. The molecule has 0 saturated heterocycles. The highest BCUT2D eigenvalue weighted by Gasteiger charge is 2.48. The molecule has 1 aliphatic heterocycles. The number of carbonyl (C=O) groups is 1. The number of carbonyl (C=O) groups excluding carboxylic acids is 1. The number of hydrogen-bond donors (Lipinski definition) is 0. The van der Waals surface area contributed by atoms with Crippen molar-refractivity contribution in [2.24, 2.45) is 5.92 Å². The van der Waals surface area contributed by atoms with Gasteiger partial charge in [0.05, 0.1) is 26.8 Å². The van der Waals surface area contributed by atoms with Crippen LogP contribution in [-0.2, 0) is 16.1 Å². The first-order valence-electron chi connectivity index (χ1n) is 10.2. The quantitative estimate of drug-likeness (QED) is 0.579. The van der Waals surface area contributed by atoms with Crippen molar-refractivity contribution in [2.75, 3.05) is 20.8 Å². The number of nitrogens with zero attached hydrogens (tertiary/aromatic N) is 1. The molecule has 1 amide bonds. The van der Waals surface area contributed by atoms with Crippen molar-refractivity contribution in [3.8, 4) is 11.5 Å². The number of amides is 1. The molecule has 1 unspecified atom stereocenters. The fraction of sp³-hybridized carbons (Fsp3) is 0.320. The molecule has 0 aromatic heterocycles. The highest BCUT2D eigenvalue weighted by molar-refractivity contribution is 6.05. The van der Waals surface area contributed by atoms with Crippen molar-refractivity contribution in [1.29, 1.82) is 0 Å². The van der Waals surface area contributed by atoms with Crippen LogP contribution in [0.2, 0.25) is 0 Å². The van der Waals surface area contributed by atoms with Gasteiger partial charge in [0.25, 0.3) is 5.91 Å². The standard InChI is InChI=1S/C25H27NO4/c1-4-14-30-24-22(17-8-6-5-7-9-17)23(18-10-11-18)26(25(24)27)16-19-12-13-20(28-2)15-21(19)29-3/h4-9,12-13,15,18,23H,1,10-11,14,16H2,2-3H3. The Hall–Kier alpha value is -3.21. The molecule has 156 valence electrons. The van der Waals surface area contributed by atoms with Gasteiger partial charge in [-0.25, -0.2) is 0 Å². The first kappa shape index (κ1) is 20.1. The molecule has 4 rings (SSSR count). The van der Waals surface area contributed by atoms with Crippen molar-refractivity contribution in [3.05, 3.63) is 78.1 Å². The molecule has 2 aromatic rings. The Morgan fingerprint density at radius 3 is 2.50 bits per heavy atom. The van der Waals surface area contributed by atoms with E-state index in [1.54, 1.807) is 20.3 Å². The Morgan fingerprint density at radius 2 is 1.87 bits per heavy atom. The molecule has 0 spiro atoms. The van der Waals surface area contributed by atoms with E-state index in [9.17, 15) is 4.79 Å². The summed E-state index contributed by atoms with van der Waals surface area (Å²) in [6.45, 7) is 4.48. The monoisotopic (exact) mass is 405 g/mol. The van der Waals surface area contributed by atoms with Gasteiger partial charge in [-0.05, 0) is 36.5 Å². The number of rotatable bonds is 9. The highest BCUT2D eigenvalue weighted by atomic mass is 16.5. The van der Waals surface area contributed by atoms with Gasteiger partial charge < -0.3 is 19.1 Å². The summed E-state index contributed by atoms with van der Waals surface area (Å²) in [5, 5.41) is 0. The third-order valence-corrected chi connectivity index (χ3v) is 5.67. The summed E-state index contributed by atoms with van der Waals surface area (Å²) >= 11 is 0. The Morgan fingerprint density at radius 1 is 1.10 bits per heavy atom. The zero-order chi connectivity index (χ0) is 21.1. The molecular weight excluding hydrogens is 378 g/mol. The first-order chi connectivity index (χ1) is 14.7. The van der Waals surface area contributed by atoms with Gasteiger partial charge in [-0.1, -0.05) is 43.0 Å². The number of hydrogen-bond acceptors (Lipinski definition) is 4. The van der Waals surface area contributed by atoms with Gasteiger partial charge in [0, 0.05) is 17.2 Å². The van der Waals surface area contributed by atoms with Crippen LogP contribution in [0.1, 0.15) is 24.0 Å². The van der Waals surface area contributed by atoms with E-state index in [0.717, 1.165) is 35.3 Å². The van der Waals surface area contributed by atoms with Gasteiger partial charge >= 0.3 is 0 Å². The second kappa shape index (κ2) is 8.66. The van der Waals surface area contributed by atoms with E-state index >= 15 is 0 Å². The summed E-state index contributed by atoms with van der Waals surface area (Å²) in [5.74, 6) is 2.23. The highest BCUT2D eigenvalue weighted by Crippen LogP contribution is 2.47. The first-order valence-corrected chi connectivity index (χ1v) is 10.2. The minimum atomic E-state index is -0.0783. The lowest BCUT2D eigenvalue weighted by Gasteiger charge is -2.27. The second-order valence-electron chi connectivity index (χ2n) is 7.60. The number of methoxy groups -OCH3 is 2. The summed E-state index contributed by atoms with van der Waals surface area (Å²) < 4.78 is 16.8. The van der Waals surface area contributed by atoms with E-state index in [2.05, 4.69) is 6.58 Å². The second-order valence-corrected chi connectivity index (χ2v) is 7.60. The molecule has 1 aliphatic carbocycles. The third-order valence-electron chi connectivity index (χ3n) is 5.67. The fourth-order valence-corrected chi connectivity index (χ4v) is 4.10. The summed E-state index contributed by atoms with van der Waals surface area (Å²) in [6.07, 6.45) is 3.89. The van der Waals surface area contributed by atoms with E-state index in [1.165, 1.54) is 0 Å². The van der Waals surface area contributed by atoms with Crippen LogP contribution < -0.4 is 9.47 Å². The topological polar surface area (TPSA) is 48.0 Å². The molecule has 0 bridgehead atoms. The fourth-order valence-electron chi connectivity index (χ4n) is 4.10. The van der Waals surface area contributed by atoms with Crippen molar-refractivity contribution in [2.45, 2.75) is 25.4 Å². The average molecular weight is 405 g/mol. The van der Waals surface area contributed by atoms with Crippen molar-refractivity contribution >= 4 is 11.5 Å². The third kappa shape index (κ3) is 3.80. The maximum atomic E-state index is 13.5. The molecular formula is C25H27NO4. The molecule has 30 heavy (non-hydrogen) atoms. The molecule has 1 atom stereocenters. The molecule has 1 saturated carbocycles. The van der Waals surface area contributed by atoms with Gasteiger partial charge in [-0.2, -0.15) is 0 Å². The van der Waals surface area contributed by atoms with Crippen molar-refractivity contribution in [3.63, 3.8) is 0 Å². The lowest BCUT2D eigenvalue weighted by Crippen LogP contribution is -2.36. The van der Waals surface area contributed by atoms with E-state index in [4.69, 9.17) is 14.2 Å². The van der Waals surface area contributed by atoms with E-state index in [0.29, 0.717) is 30.6 Å². The Labute approximate surface area is 177 Å². The molecule has 1 heterocycles. The van der Waals surface area contributed by atoms with Crippen LogP contribution in [0.25, 0.3) is 5.57 Å². The molecule has 0 radical (unpaired) electrons. The number of benzene rings is 2. The van der Waals surface area contributed by atoms with Gasteiger partial charge in [0.1, 0.15) is 18.1 Å². The maximum absolute atomic E-state index is 13.5. The van der Waals surface area contributed by atoms with E-state index < -0.39 is 0 Å². The minimum absolute atomic E-state index is 0.00785. The van der Waals surface area contributed by atoms with Crippen LogP contribution in [-0.4, -0.2) is 37.7 Å². The van der Waals surface area contributed by atoms with Crippen LogP contribution in [0.15, 0.2) is 66.9 Å². The largest absolute Gasteiger partial charge is 0.497 e. The molecule has 0 N–H and O–H groups in total. The van der Waals surface area contributed by atoms with Crippen molar-refractivity contribution < 1.29 is 19.0 Å². The SMILES string of the molecule is C=CCOC1=C(c2ccccc2)C(C2CC2)N(Cc2ccc(OC)cc2OC)C1=O. The predicted octanol–water partition coefficient (Wildman–Crippen LogP) is 4.44. The zero-order valence-electron chi connectivity index (χ0n) is 17.5. The van der Waals surface area contributed by atoms with Gasteiger partial charge in [0.15, 0.2) is 5.76 Å². The maximum Gasteiger partial charge on any atom is 0.290 e. The smallest absolute Gasteiger partial charge is 0.290 e. The van der Waals surface area contributed by atoms with E-state index in [1.807, 2.05) is 53.4 Å². The van der Waals surface area contributed by atoms with Crippen LogP contribution in [0.3, 0.4) is 0 Å². The van der Waals surface area contributed by atoms with Crippen molar-refractivity contribution in [1.82, 2.24) is 4.90 Å². The molecule has 2 aromatic carbocycles. The lowest BCUT2D eigenvalue weighted by atomic mass is 9.95. The summed E-state index contributed by atoms with van der Waals surface area (Å²) in [4.78, 5) is 15.4. The van der Waals surface area contributed by atoms with Crippen LogP contribution in [0, 0.1) is 5.92 Å². The Balaban J connectivity index is 1.73. The van der Waals surface area contributed by atoms with Gasteiger partial charge in [-0.3, -0.25) is 4.79 Å². The van der Waals surface area contributed by atoms with E-state index in [-0.39, 0.29) is 11.9 Å². The molecule has 2 aliphatic rings. The van der Waals surface area contributed by atoms with Gasteiger partial charge in [-0.15, -0.1) is 0 Å². The molecule has 5 heteroatoms. The normalized spacial score (nSPS) is 18.5. The predicted molar refractivity (Wildman–Crippen MR) is 116 cm³/mol. The average Bonchev–Trinajstić information content (AvgIpc) is 3.59.